The molecule has 4 nitrogen and oxygen atoms in total. The number of ether oxygens (including phenoxy) is 1. The van der Waals surface area contributed by atoms with E-state index in [4.69, 9.17) is 4.74 Å². The molecule has 2 aliphatic heterocycles. The van der Waals surface area contributed by atoms with Crippen LogP contribution in [0.15, 0.2) is 24.3 Å². The number of hydrogen-bond acceptors (Lipinski definition) is 4. The van der Waals surface area contributed by atoms with E-state index in [9.17, 15) is 0 Å². The third-order valence-corrected chi connectivity index (χ3v) is 4.28. The molecule has 110 valence electrons. The Balaban J connectivity index is 1.54. The summed E-state index contributed by atoms with van der Waals surface area (Å²) in [6.45, 7) is 8.18. The zero-order valence-corrected chi connectivity index (χ0v) is 12.1. The molecule has 1 fully saturated rings. The zero-order valence-electron chi connectivity index (χ0n) is 12.1. The van der Waals surface area contributed by atoms with Gasteiger partial charge in [-0.3, -0.25) is 4.90 Å². The molecule has 0 amide bonds. The van der Waals surface area contributed by atoms with E-state index in [1.54, 1.807) is 0 Å². The summed E-state index contributed by atoms with van der Waals surface area (Å²) in [6.07, 6.45) is 1.17. The highest BCUT2D eigenvalue weighted by molar-refractivity contribution is 5.30. The van der Waals surface area contributed by atoms with Crippen LogP contribution in [0.5, 0.6) is 0 Å². The Morgan fingerprint density at radius 1 is 1.25 bits per heavy atom. The first-order valence-electron chi connectivity index (χ1n) is 7.75. The quantitative estimate of drug-likeness (QED) is 0.864. The summed E-state index contributed by atoms with van der Waals surface area (Å²) in [5, 5.41) is 7.25. The lowest BCUT2D eigenvalue weighted by molar-refractivity contribution is 0.0381. The van der Waals surface area contributed by atoms with Crippen LogP contribution in [0.2, 0.25) is 0 Å². The Morgan fingerprint density at radius 2 is 2.10 bits per heavy atom. The second-order valence-corrected chi connectivity index (χ2v) is 5.62. The van der Waals surface area contributed by atoms with Gasteiger partial charge in [-0.2, -0.15) is 0 Å². The van der Waals surface area contributed by atoms with E-state index in [-0.39, 0.29) is 0 Å². The van der Waals surface area contributed by atoms with Crippen LogP contribution in [0, 0.1) is 0 Å². The maximum Gasteiger partial charge on any atom is 0.0594 e. The van der Waals surface area contributed by atoms with Crippen LogP contribution in [-0.4, -0.2) is 50.8 Å². The molecule has 4 heteroatoms. The SMILES string of the molecule is c1ccc2c(c1)CNCCC2NCCN1CCOCC1. The van der Waals surface area contributed by atoms with Crippen molar-refractivity contribution in [3.63, 3.8) is 0 Å². The van der Waals surface area contributed by atoms with Crippen molar-refractivity contribution in [2.24, 2.45) is 0 Å². The molecule has 1 aromatic carbocycles. The molecule has 3 rings (SSSR count). The first-order chi connectivity index (χ1) is 9.93. The normalized spacial score (nSPS) is 24.1. The topological polar surface area (TPSA) is 36.5 Å². The Labute approximate surface area is 121 Å². The second-order valence-electron chi connectivity index (χ2n) is 5.62. The van der Waals surface area contributed by atoms with E-state index in [2.05, 4.69) is 39.8 Å². The summed E-state index contributed by atoms with van der Waals surface area (Å²) in [5.41, 5.74) is 2.91. The average molecular weight is 275 g/mol. The standard InChI is InChI=1S/C16H25N3O/c1-2-4-15-14(3-1)13-17-6-5-16(15)18-7-8-19-9-11-20-12-10-19/h1-4,16-18H,5-13H2. The van der Waals surface area contributed by atoms with Gasteiger partial charge >= 0.3 is 0 Å². The highest BCUT2D eigenvalue weighted by Crippen LogP contribution is 2.23. The summed E-state index contributed by atoms with van der Waals surface area (Å²) in [5.74, 6) is 0. The Bertz CT molecular complexity index is 418. The Morgan fingerprint density at radius 3 is 3.00 bits per heavy atom. The molecule has 0 radical (unpaired) electrons. The van der Waals surface area contributed by atoms with E-state index in [1.807, 2.05) is 0 Å². The molecular weight excluding hydrogens is 250 g/mol. The van der Waals surface area contributed by atoms with Crippen LogP contribution in [0.4, 0.5) is 0 Å². The summed E-state index contributed by atoms with van der Waals surface area (Å²) in [7, 11) is 0. The lowest BCUT2D eigenvalue weighted by Crippen LogP contribution is -2.41. The van der Waals surface area contributed by atoms with Crippen molar-refractivity contribution in [1.29, 1.82) is 0 Å². The molecule has 2 heterocycles. The lowest BCUT2D eigenvalue weighted by atomic mass is 9.99. The molecule has 0 aromatic heterocycles. The third kappa shape index (κ3) is 3.58. The molecule has 1 unspecified atom stereocenters. The number of rotatable bonds is 4. The molecule has 1 atom stereocenters. The second kappa shape index (κ2) is 7.18. The minimum Gasteiger partial charge on any atom is -0.379 e. The van der Waals surface area contributed by atoms with Crippen LogP contribution < -0.4 is 10.6 Å². The van der Waals surface area contributed by atoms with E-state index < -0.39 is 0 Å². The van der Waals surface area contributed by atoms with Crippen LogP contribution in [0.3, 0.4) is 0 Å². The number of hydrogen-bond donors (Lipinski definition) is 2. The maximum absolute atomic E-state index is 5.39. The molecule has 20 heavy (non-hydrogen) atoms. The van der Waals surface area contributed by atoms with E-state index in [0.29, 0.717) is 6.04 Å². The number of benzene rings is 1. The van der Waals surface area contributed by atoms with E-state index in [0.717, 1.165) is 52.5 Å². The van der Waals surface area contributed by atoms with Crippen LogP contribution in [-0.2, 0) is 11.3 Å². The third-order valence-electron chi connectivity index (χ3n) is 4.28. The number of nitrogens with one attached hydrogen (secondary N) is 2. The minimum atomic E-state index is 0.488. The van der Waals surface area contributed by atoms with E-state index in [1.165, 1.54) is 17.5 Å². The molecule has 2 aliphatic rings. The summed E-state index contributed by atoms with van der Waals surface area (Å²) < 4.78 is 5.39. The van der Waals surface area contributed by atoms with Gasteiger partial charge in [0.2, 0.25) is 0 Å². The van der Waals surface area contributed by atoms with Gasteiger partial charge in [-0.05, 0) is 24.1 Å². The predicted octanol–water partition coefficient (Wildman–Crippen LogP) is 1.14. The Hall–Kier alpha value is -0.940. The van der Waals surface area contributed by atoms with Gasteiger partial charge < -0.3 is 15.4 Å². The maximum atomic E-state index is 5.39. The number of morpholine rings is 1. The van der Waals surface area contributed by atoms with Gasteiger partial charge in [0.25, 0.3) is 0 Å². The van der Waals surface area contributed by atoms with Gasteiger partial charge in [0, 0.05) is 38.8 Å². The fraction of sp³-hybridized carbons (Fsp3) is 0.625. The fourth-order valence-electron chi connectivity index (χ4n) is 3.09. The van der Waals surface area contributed by atoms with Gasteiger partial charge in [0.15, 0.2) is 0 Å². The van der Waals surface area contributed by atoms with Gasteiger partial charge in [-0.25, -0.2) is 0 Å². The lowest BCUT2D eigenvalue weighted by Gasteiger charge is -2.27. The number of nitrogens with zero attached hydrogens (tertiary/aromatic N) is 1. The fourth-order valence-corrected chi connectivity index (χ4v) is 3.09. The predicted molar refractivity (Wildman–Crippen MR) is 80.8 cm³/mol. The van der Waals surface area contributed by atoms with Crippen molar-refractivity contribution in [1.82, 2.24) is 15.5 Å². The van der Waals surface area contributed by atoms with Crippen LogP contribution in [0.25, 0.3) is 0 Å². The summed E-state index contributed by atoms with van der Waals surface area (Å²) in [6, 6.07) is 9.29. The van der Waals surface area contributed by atoms with Crippen molar-refractivity contribution in [2.75, 3.05) is 45.9 Å². The van der Waals surface area contributed by atoms with Crippen molar-refractivity contribution in [3.05, 3.63) is 35.4 Å². The highest BCUT2D eigenvalue weighted by atomic mass is 16.5. The number of fused-ring (bicyclic) bond motifs is 1. The minimum absolute atomic E-state index is 0.488. The molecular formula is C16H25N3O. The van der Waals surface area contributed by atoms with Gasteiger partial charge in [0.1, 0.15) is 0 Å². The molecule has 2 N–H and O–H groups in total. The average Bonchev–Trinajstić information content (AvgIpc) is 2.71. The van der Waals surface area contributed by atoms with Gasteiger partial charge in [0.05, 0.1) is 13.2 Å². The largest absolute Gasteiger partial charge is 0.379 e. The van der Waals surface area contributed by atoms with Crippen LogP contribution in [0.1, 0.15) is 23.6 Å². The molecule has 1 aromatic rings. The molecule has 1 saturated heterocycles. The molecule has 0 spiro atoms. The molecule has 0 aliphatic carbocycles. The van der Waals surface area contributed by atoms with Crippen molar-refractivity contribution in [2.45, 2.75) is 19.0 Å². The van der Waals surface area contributed by atoms with Gasteiger partial charge in [-0.15, -0.1) is 0 Å². The van der Waals surface area contributed by atoms with Gasteiger partial charge in [-0.1, -0.05) is 24.3 Å². The van der Waals surface area contributed by atoms with Crippen molar-refractivity contribution < 1.29 is 4.74 Å². The monoisotopic (exact) mass is 275 g/mol. The Kier molecular flexibility index (Phi) is 5.03. The van der Waals surface area contributed by atoms with Crippen molar-refractivity contribution in [3.8, 4) is 0 Å². The smallest absolute Gasteiger partial charge is 0.0594 e. The van der Waals surface area contributed by atoms with Crippen LogP contribution >= 0.6 is 0 Å². The zero-order chi connectivity index (χ0) is 13.6. The summed E-state index contributed by atoms with van der Waals surface area (Å²) >= 11 is 0. The highest BCUT2D eigenvalue weighted by Gasteiger charge is 2.18. The first kappa shape index (κ1) is 14.0. The van der Waals surface area contributed by atoms with Crippen molar-refractivity contribution >= 4 is 0 Å². The van der Waals surface area contributed by atoms with E-state index >= 15 is 0 Å². The molecule has 0 bridgehead atoms. The molecule has 0 saturated carbocycles. The first-order valence-corrected chi connectivity index (χ1v) is 7.75. The summed E-state index contributed by atoms with van der Waals surface area (Å²) in [4.78, 5) is 2.48.